The van der Waals surface area contributed by atoms with Gasteiger partial charge in [0.25, 0.3) is 0 Å². The van der Waals surface area contributed by atoms with Crippen LogP contribution >= 0.6 is 0 Å². The van der Waals surface area contributed by atoms with Gasteiger partial charge in [-0.05, 0) is 42.1 Å². The fourth-order valence-electron chi connectivity index (χ4n) is 5.38. The normalized spacial score (nSPS) is 35.4. The van der Waals surface area contributed by atoms with E-state index in [2.05, 4.69) is 19.1 Å². The van der Waals surface area contributed by atoms with Gasteiger partial charge in [-0.15, -0.1) is 0 Å². The van der Waals surface area contributed by atoms with E-state index < -0.39 is 0 Å². The van der Waals surface area contributed by atoms with Crippen molar-refractivity contribution < 1.29 is 15.0 Å². The van der Waals surface area contributed by atoms with E-state index in [9.17, 15) is 15.0 Å². The van der Waals surface area contributed by atoms with E-state index in [-0.39, 0.29) is 48.7 Å². The molecule has 0 bridgehead atoms. The zero-order chi connectivity index (χ0) is 17.1. The molecule has 0 saturated heterocycles. The average Bonchev–Trinajstić information content (AvgIpc) is 3.12. The Morgan fingerprint density at radius 3 is 2.33 bits per heavy atom. The molecule has 1 aromatic rings. The molecular weight excluding hydrogens is 300 g/mol. The SMILES string of the molecule is CCCCC[C@@H]1C(=O)[C@@H]2[C@@H](CO)C[C@@H](CO)[C@@H]2[C@H]1c1ccccc1. The van der Waals surface area contributed by atoms with Crippen molar-refractivity contribution in [3.63, 3.8) is 0 Å². The molecule has 3 nitrogen and oxygen atoms in total. The van der Waals surface area contributed by atoms with E-state index in [0.29, 0.717) is 5.78 Å². The van der Waals surface area contributed by atoms with Gasteiger partial charge >= 0.3 is 0 Å². The second-order valence-electron chi connectivity index (χ2n) is 7.67. The fourth-order valence-corrected chi connectivity index (χ4v) is 5.38. The van der Waals surface area contributed by atoms with Crippen molar-refractivity contribution in [1.29, 1.82) is 0 Å². The van der Waals surface area contributed by atoms with Gasteiger partial charge in [-0.3, -0.25) is 4.79 Å². The summed E-state index contributed by atoms with van der Waals surface area (Å²) in [5.74, 6) is 0.892. The maximum Gasteiger partial charge on any atom is 0.140 e. The number of hydrogen-bond donors (Lipinski definition) is 2. The second-order valence-corrected chi connectivity index (χ2v) is 7.67. The van der Waals surface area contributed by atoms with Crippen LogP contribution in [0.4, 0.5) is 0 Å². The Balaban J connectivity index is 1.94. The van der Waals surface area contributed by atoms with Gasteiger partial charge in [-0.2, -0.15) is 0 Å². The lowest BCUT2D eigenvalue weighted by Crippen LogP contribution is -2.23. The first-order valence-corrected chi connectivity index (χ1v) is 9.53. The van der Waals surface area contributed by atoms with Crippen molar-refractivity contribution >= 4 is 5.78 Å². The van der Waals surface area contributed by atoms with Gasteiger partial charge in [0.1, 0.15) is 5.78 Å². The van der Waals surface area contributed by atoms with Crippen LogP contribution < -0.4 is 0 Å². The number of fused-ring (bicyclic) bond motifs is 1. The maximum absolute atomic E-state index is 13.2. The third kappa shape index (κ3) is 3.04. The summed E-state index contributed by atoms with van der Waals surface area (Å²) in [6.07, 6.45) is 5.12. The number of benzene rings is 1. The van der Waals surface area contributed by atoms with Crippen LogP contribution in [0.1, 0.15) is 50.5 Å². The molecule has 1 aromatic carbocycles. The number of ketones is 1. The standard InChI is InChI=1S/C21H30O3/c1-2-3-5-10-17-18(14-8-6-4-7-9-14)19-15(12-22)11-16(13-23)20(19)21(17)24/h4,6-9,15-20,22-23H,2-3,5,10-13H2,1H3/t15-,16+,17-,18-,19+,20+/m0/s1. The number of hydrogen-bond acceptors (Lipinski definition) is 3. The van der Waals surface area contributed by atoms with Crippen LogP contribution in [-0.2, 0) is 4.79 Å². The quantitative estimate of drug-likeness (QED) is 0.753. The zero-order valence-corrected chi connectivity index (χ0v) is 14.6. The molecule has 2 fully saturated rings. The first-order valence-electron chi connectivity index (χ1n) is 9.53. The molecular formula is C21H30O3. The minimum absolute atomic E-state index is 0.0297. The molecule has 2 saturated carbocycles. The Morgan fingerprint density at radius 2 is 1.71 bits per heavy atom. The first kappa shape index (κ1) is 17.6. The third-order valence-electron chi connectivity index (χ3n) is 6.39. The summed E-state index contributed by atoms with van der Waals surface area (Å²) in [6.45, 7) is 2.37. The number of Topliss-reactive ketones (excluding diaryl/α,β-unsaturated/α-hetero) is 1. The Labute approximate surface area is 145 Å². The predicted molar refractivity (Wildman–Crippen MR) is 94.6 cm³/mol. The molecule has 24 heavy (non-hydrogen) atoms. The molecule has 3 heteroatoms. The largest absolute Gasteiger partial charge is 0.396 e. The molecule has 0 unspecified atom stereocenters. The van der Waals surface area contributed by atoms with E-state index in [1.807, 2.05) is 18.2 Å². The Bertz CT molecular complexity index is 541. The minimum Gasteiger partial charge on any atom is -0.396 e. The molecule has 132 valence electrons. The highest BCUT2D eigenvalue weighted by Crippen LogP contribution is 2.58. The molecule has 6 atom stereocenters. The highest BCUT2D eigenvalue weighted by molar-refractivity contribution is 5.88. The fraction of sp³-hybridized carbons (Fsp3) is 0.667. The van der Waals surface area contributed by atoms with Crippen LogP contribution in [0.15, 0.2) is 30.3 Å². The number of carbonyl (C=O) groups is 1. The van der Waals surface area contributed by atoms with E-state index in [0.717, 1.165) is 32.1 Å². The smallest absolute Gasteiger partial charge is 0.140 e. The van der Waals surface area contributed by atoms with Crippen molar-refractivity contribution in [2.75, 3.05) is 13.2 Å². The molecule has 0 heterocycles. The van der Waals surface area contributed by atoms with Crippen molar-refractivity contribution in [1.82, 2.24) is 0 Å². The van der Waals surface area contributed by atoms with Crippen molar-refractivity contribution in [2.24, 2.45) is 29.6 Å². The molecule has 2 N–H and O–H groups in total. The van der Waals surface area contributed by atoms with E-state index in [4.69, 9.17) is 0 Å². The van der Waals surface area contributed by atoms with Crippen LogP contribution in [0, 0.1) is 29.6 Å². The maximum atomic E-state index is 13.2. The number of aliphatic hydroxyl groups excluding tert-OH is 2. The van der Waals surface area contributed by atoms with Crippen LogP contribution in [0.25, 0.3) is 0 Å². The first-order chi connectivity index (χ1) is 11.7. The van der Waals surface area contributed by atoms with Gasteiger partial charge in [-0.25, -0.2) is 0 Å². The average molecular weight is 330 g/mol. The van der Waals surface area contributed by atoms with E-state index in [1.165, 1.54) is 5.56 Å². The van der Waals surface area contributed by atoms with Crippen molar-refractivity contribution in [2.45, 2.75) is 44.9 Å². The van der Waals surface area contributed by atoms with Gasteiger partial charge < -0.3 is 10.2 Å². The zero-order valence-electron chi connectivity index (χ0n) is 14.6. The third-order valence-corrected chi connectivity index (χ3v) is 6.39. The lowest BCUT2D eigenvalue weighted by molar-refractivity contribution is -0.126. The molecule has 0 aromatic heterocycles. The molecule has 0 aliphatic heterocycles. The van der Waals surface area contributed by atoms with Gasteiger partial charge in [0.05, 0.1) is 0 Å². The molecule has 0 spiro atoms. The van der Waals surface area contributed by atoms with Gasteiger partial charge in [-0.1, -0.05) is 56.5 Å². The number of carbonyl (C=O) groups excluding carboxylic acids is 1. The van der Waals surface area contributed by atoms with Gasteiger partial charge in [0.2, 0.25) is 0 Å². The Kier molecular flexibility index (Phi) is 5.72. The summed E-state index contributed by atoms with van der Waals surface area (Å²) in [5, 5.41) is 19.7. The van der Waals surface area contributed by atoms with Crippen LogP contribution in [0.3, 0.4) is 0 Å². The monoisotopic (exact) mass is 330 g/mol. The van der Waals surface area contributed by atoms with Crippen LogP contribution in [-0.4, -0.2) is 29.2 Å². The molecule has 0 amide bonds. The van der Waals surface area contributed by atoms with E-state index in [1.54, 1.807) is 0 Å². The minimum atomic E-state index is -0.0658. The highest BCUT2D eigenvalue weighted by atomic mass is 16.3. The molecule has 3 rings (SSSR count). The summed E-state index contributed by atoms with van der Waals surface area (Å²) in [4.78, 5) is 13.2. The molecule has 2 aliphatic carbocycles. The van der Waals surface area contributed by atoms with E-state index >= 15 is 0 Å². The Morgan fingerprint density at radius 1 is 1.00 bits per heavy atom. The predicted octanol–water partition coefficient (Wildman–Crippen LogP) is 3.40. The van der Waals surface area contributed by atoms with Gasteiger partial charge in [0, 0.05) is 25.0 Å². The van der Waals surface area contributed by atoms with Crippen LogP contribution in [0.5, 0.6) is 0 Å². The Hall–Kier alpha value is -1.19. The van der Waals surface area contributed by atoms with Crippen LogP contribution in [0.2, 0.25) is 0 Å². The van der Waals surface area contributed by atoms with Gasteiger partial charge in [0.15, 0.2) is 0 Å². The highest BCUT2D eigenvalue weighted by Gasteiger charge is 2.58. The summed E-state index contributed by atoms with van der Waals surface area (Å²) in [6, 6.07) is 10.4. The topological polar surface area (TPSA) is 57.5 Å². The summed E-state index contributed by atoms with van der Waals surface area (Å²) < 4.78 is 0. The summed E-state index contributed by atoms with van der Waals surface area (Å²) >= 11 is 0. The molecule has 0 radical (unpaired) electrons. The summed E-state index contributed by atoms with van der Waals surface area (Å²) in [5.41, 5.74) is 1.23. The lowest BCUT2D eigenvalue weighted by atomic mass is 9.76. The van der Waals surface area contributed by atoms with Crippen molar-refractivity contribution in [3.05, 3.63) is 35.9 Å². The molecule has 2 aliphatic rings. The number of rotatable bonds is 7. The number of aliphatic hydroxyl groups is 2. The second kappa shape index (κ2) is 7.79. The lowest BCUT2D eigenvalue weighted by Gasteiger charge is -2.27. The summed E-state index contributed by atoms with van der Waals surface area (Å²) in [7, 11) is 0. The van der Waals surface area contributed by atoms with Crippen molar-refractivity contribution in [3.8, 4) is 0 Å². The number of unbranched alkanes of at least 4 members (excludes halogenated alkanes) is 2.